The van der Waals surface area contributed by atoms with Gasteiger partial charge in [0.1, 0.15) is 0 Å². The average molecular weight is 209 g/mol. The first-order chi connectivity index (χ1) is 5.65. The number of methoxy groups -OCH3 is 1. The third kappa shape index (κ3) is 3.14. The Kier molecular flexibility index (Phi) is 5.29. The standard InChI is InChI=1S/C8H16N2O2.ClH/c1-6(9)8(11)10-4-3-7(5-10)12-2;/h6-7H,3-5,9H2,1-2H3;1H/t6-,7-;/m0./s1. The monoisotopic (exact) mass is 208 g/mol. The van der Waals surface area contributed by atoms with E-state index in [1.165, 1.54) is 0 Å². The van der Waals surface area contributed by atoms with Crippen molar-refractivity contribution >= 4 is 18.3 Å². The van der Waals surface area contributed by atoms with Crippen LogP contribution in [-0.4, -0.2) is 43.2 Å². The highest BCUT2D eigenvalue weighted by Gasteiger charge is 2.27. The second-order valence-corrected chi connectivity index (χ2v) is 3.22. The SMILES string of the molecule is CO[C@H]1CCN(C(=O)[C@H](C)N)C1.Cl. The smallest absolute Gasteiger partial charge is 0.239 e. The average Bonchev–Trinajstić information content (AvgIpc) is 2.50. The molecule has 0 bridgehead atoms. The van der Waals surface area contributed by atoms with Gasteiger partial charge in [-0.05, 0) is 13.3 Å². The van der Waals surface area contributed by atoms with Gasteiger partial charge < -0.3 is 15.4 Å². The molecule has 78 valence electrons. The first-order valence-electron chi connectivity index (χ1n) is 4.22. The molecule has 1 saturated heterocycles. The van der Waals surface area contributed by atoms with Gasteiger partial charge in [0, 0.05) is 20.2 Å². The van der Waals surface area contributed by atoms with Gasteiger partial charge in [0.15, 0.2) is 0 Å². The van der Waals surface area contributed by atoms with Crippen molar-refractivity contribution in [2.75, 3.05) is 20.2 Å². The van der Waals surface area contributed by atoms with E-state index in [9.17, 15) is 4.79 Å². The Bertz CT molecular complexity index is 176. The zero-order valence-corrected chi connectivity index (χ0v) is 8.84. The number of hydrogen-bond donors (Lipinski definition) is 1. The van der Waals surface area contributed by atoms with Crippen molar-refractivity contribution in [1.29, 1.82) is 0 Å². The van der Waals surface area contributed by atoms with Gasteiger partial charge in [-0.25, -0.2) is 0 Å². The molecule has 0 aliphatic carbocycles. The van der Waals surface area contributed by atoms with E-state index in [4.69, 9.17) is 10.5 Å². The van der Waals surface area contributed by atoms with Crippen LogP contribution in [0.3, 0.4) is 0 Å². The molecular weight excluding hydrogens is 192 g/mol. The number of nitrogens with two attached hydrogens (primary N) is 1. The summed E-state index contributed by atoms with van der Waals surface area (Å²) in [6.45, 7) is 3.18. The van der Waals surface area contributed by atoms with Crippen LogP contribution in [0.4, 0.5) is 0 Å². The molecule has 1 amide bonds. The van der Waals surface area contributed by atoms with E-state index in [-0.39, 0.29) is 30.5 Å². The number of rotatable bonds is 2. The summed E-state index contributed by atoms with van der Waals surface area (Å²) >= 11 is 0. The second-order valence-electron chi connectivity index (χ2n) is 3.22. The molecule has 0 saturated carbocycles. The number of carbonyl (C=O) groups is 1. The van der Waals surface area contributed by atoms with Crippen LogP contribution < -0.4 is 5.73 Å². The van der Waals surface area contributed by atoms with Gasteiger partial charge in [0.05, 0.1) is 12.1 Å². The Hall–Kier alpha value is -0.320. The highest BCUT2D eigenvalue weighted by atomic mass is 35.5. The molecule has 0 aromatic carbocycles. The highest BCUT2D eigenvalue weighted by Crippen LogP contribution is 2.12. The normalized spacial score (nSPS) is 23.9. The number of hydrogen-bond acceptors (Lipinski definition) is 3. The van der Waals surface area contributed by atoms with Crippen LogP contribution in [-0.2, 0) is 9.53 Å². The lowest BCUT2D eigenvalue weighted by molar-refractivity contribution is -0.131. The first kappa shape index (κ1) is 12.7. The van der Waals surface area contributed by atoms with Crippen molar-refractivity contribution in [2.45, 2.75) is 25.5 Å². The van der Waals surface area contributed by atoms with Gasteiger partial charge in [0.25, 0.3) is 0 Å². The lowest BCUT2D eigenvalue weighted by Crippen LogP contribution is -2.41. The number of carbonyl (C=O) groups excluding carboxylic acids is 1. The Labute approximate surface area is 84.8 Å². The molecule has 4 nitrogen and oxygen atoms in total. The zero-order valence-electron chi connectivity index (χ0n) is 8.03. The van der Waals surface area contributed by atoms with Crippen molar-refractivity contribution in [3.05, 3.63) is 0 Å². The minimum Gasteiger partial charge on any atom is -0.380 e. The van der Waals surface area contributed by atoms with E-state index < -0.39 is 0 Å². The Morgan fingerprint density at radius 2 is 2.31 bits per heavy atom. The van der Waals surface area contributed by atoms with Gasteiger partial charge >= 0.3 is 0 Å². The quantitative estimate of drug-likeness (QED) is 0.695. The van der Waals surface area contributed by atoms with Crippen molar-refractivity contribution in [3.63, 3.8) is 0 Å². The molecule has 0 unspecified atom stereocenters. The van der Waals surface area contributed by atoms with E-state index in [1.807, 2.05) is 0 Å². The minimum atomic E-state index is -0.388. The predicted octanol–water partition coefficient (Wildman–Crippen LogP) is 0.00270. The lowest BCUT2D eigenvalue weighted by atomic mass is 10.3. The molecule has 2 atom stereocenters. The van der Waals surface area contributed by atoms with E-state index >= 15 is 0 Å². The second kappa shape index (κ2) is 5.42. The number of likely N-dealkylation sites (tertiary alicyclic amines) is 1. The molecule has 1 rings (SSSR count). The zero-order chi connectivity index (χ0) is 9.14. The number of amides is 1. The van der Waals surface area contributed by atoms with Crippen molar-refractivity contribution in [1.82, 2.24) is 4.90 Å². The molecule has 13 heavy (non-hydrogen) atoms. The van der Waals surface area contributed by atoms with Gasteiger partial charge in [-0.1, -0.05) is 0 Å². The summed E-state index contributed by atoms with van der Waals surface area (Å²) in [5.74, 6) is 0.0227. The Morgan fingerprint density at radius 1 is 1.69 bits per heavy atom. The molecule has 5 heteroatoms. The molecule has 2 N–H and O–H groups in total. The van der Waals surface area contributed by atoms with Crippen LogP contribution in [0.5, 0.6) is 0 Å². The number of halogens is 1. The van der Waals surface area contributed by atoms with Crippen molar-refractivity contribution in [2.24, 2.45) is 5.73 Å². The third-order valence-electron chi connectivity index (χ3n) is 2.18. The molecule has 0 radical (unpaired) electrons. The molecule has 1 fully saturated rings. The van der Waals surface area contributed by atoms with Gasteiger partial charge in [-0.2, -0.15) is 0 Å². The topological polar surface area (TPSA) is 55.6 Å². The number of ether oxygens (including phenoxy) is 1. The van der Waals surface area contributed by atoms with Crippen LogP contribution in [0.25, 0.3) is 0 Å². The maximum atomic E-state index is 11.4. The molecule has 0 aromatic rings. The Morgan fingerprint density at radius 3 is 2.69 bits per heavy atom. The van der Waals surface area contributed by atoms with Gasteiger partial charge in [-0.15, -0.1) is 12.4 Å². The summed E-state index contributed by atoms with van der Waals surface area (Å²) in [7, 11) is 1.67. The summed E-state index contributed by atoms with van der Waals surface area (Å²) in [4.78, 5) is 13.1. The lowest BCUT2D eigenvalue weighted by Gasteiger charge is -2.17. The van der Waals surface area contributed by atoms with Gasteiger partial charge in [0.2, 0.25) is 5.91 Å². The maximum Gasteiger partial charge on any atom is 0.239 e. The molecule has 1 aliphatic heterocycles. The largest absolute Gasteiger partial charge is 0.380 e. The summed E-state index contributed by atoms with van der Waals surface area (Å²) < 4.78 is 5.14. The molecular formula is C8H17ClN2O2. The third-order valence-corrected chi connectivity index (χ3v) is 2.18. The van der Waals surface area contributed by atoms with Gasteiger partial charge in [-0.3, -0.25) is 4.79 Å². The van der Waals surface area contributed by atoms with Crippen LogP contribution in [0, 0.1) is 0 Å². The molecule has 0 spiro atoms. The maximum absolute atomic E-state index is 11.4. The molecule has 1 aliphatic rings. The fourth-order valence-electron chi connectivity index (χ4n) is 1.41. The van der Waals surface area contributed by atoms with E-state index in [1.54, 1.807) is 18.9 Å². The van der Waals surface area contributed by atoms with Crippen LogP contribution in [0.15, 0.2) is 0 Å². The molecule has 0 aromatic heterocycles. The van der Waals surface area contributed by atoms with Crippen molar-refractivity contribution in [3.8, 4) is 0 Å². The fraction of sp³-hybridized carbons (Fsp3) is 0.875. The van der Waals surface area contributed by atoms with Crippen LogP contribution in [0.2, 0.25) is 0 Å². The first-order valence-corrected chi connectivity index (χ1v) is 4.22. The summed E-state index contributed by atoms with van der Waals surface area (Å²) in [5, 5.41) is 0. The highest BCUT2D eigenvalue weighted by molar-refractivity contribution is 5.85. The van der Waals surface area contributed by atoms with E-state index in [0.29, 0.717) is 6.54 Å². The fourth-order valence-corrected chi connectivity index (χ4v) is 1.41. The summed E-state index contributed by atoms with van der Waals surface area (Å²) in [5.41, 5.74) is 5.47. The van der Waals surface area contributed by atoms with Crippen LogP contribution >= 0.6 is 12.4 Å². The van der Waals surface area contributed by atoms with Crippen LogP contribution in [0.1, 0.15) is 13.3 Å². The minimum absolute atomic E-state index is 0. The summed E-state index contributed by atoms with van der Waals surface area (Å²) in [6, 6.07) is -0.388. The van der Waals surface area contributed by atoms with E-state index in [2.05, 4.69) is 0 Å². The number of nitrogens with zero attached hydrogens (tertiary/aromatic N) is 1. The Balaban J connectivity index is 0.00000144. The molecule has 1 heterocycles. The van der Waals surface area contributed by atoms with E-state index in [0.717, 1.165) is 13.0 Å². The summed E-state index contributed by atoms with van der Waals surface area (Å²) in [6.07, 6.45) is 1.13. The van der Waals surface area contributed by atoms with Crippen molar-refractivity contribution < 1.29 is 9.53 Å². The predicted molar refractivity (Wildman–Crippen MR) is 52.9 cm³/mol.